The van der Waals surface area contributed by atoms with E-state index in [9.17, 15) is 14.4 Å². The quantitative estimate of drug-likeness (QED) is 0.776. The third-order valence-electron chi connectivity index (χ3n) is 6.26. The van der Waals surface area contributed by atoms with E-state index in [1.165, 1.54) is 6.42 Å². The van der Waals surface area contributed by atoms with E-state index < -0.39 is 11.6 Å². The van der Waals surface area contributed by atoms with E-state index in [4.69, 9.17) is 0 Å². The summed E-state index contributed by atoms with van der Waals surface area (Å²) in [5.41, 5.74) is -0.784. The maximum absolute atomic E-state index is 12.9. The van der Waals surface area contributed by atoms with Crippen molar-refractivity contribution in [3.8, 4) is 0 Å². The van der Waals surface area contributed by atoms with Crippen molar-refractivity contribution in [1.82, 2.24) is 15.5 Å². The molecule has 1 heterocycles. The molecule has 2 N–H and O–H groups in total. The van der Waals surface area contributed by atoms with Gasteiger partial charge in [0, 0.05) is 6.04 Å². The van der Waals surface area contributed by atoms with Crippen molar-refractivity contribution in [2.45, 2.75) is 76.8 Å². The SMILES string of the molecule is C[C@H]1CCCC[C@@H]1NC(=O)CN1C(=O)N[C@@]2(CCCC[C@@H]2C)C1=O. The zero-order valence-corrected chi connectivity index (χ0v) is 14.8. The summed E-state index contributed by atoms with van der Waals surface area (Å²) in [6, 6.07) is -0.254. The van der Waals surface area contributed by atoms with Crippen LogP contribution < -0.4 is 10.6 Å². The van der Waals surface area contributed by atoms with Crippen molar-refractivity contribution in [2.24, 2.45) is 11.8 Å². The van der Waals surface area contributed by atoms with Crippen LogP contribution in [0.5, 0.6) is 0 Å². The molecule has 1 spiro atoms. The van der Waals surface area contributed by atoms with E-state index in [0.717, 1.165) is 43.4 Å². The van der Waals surface area contributed by atoms with Crippen molar-refractivity contribution in [2.75, 3.05) is 6.54 Å². The molecule has 4 amide bonds. The second kappa shape index (κ2) is 6.73. The first-order valence-electron chi connectivity index (χ1n) is 9.37. The van der Waals surface area contributed by atoms with Crippen molar-refractivity contribution in [3.05, 3.63) is 0 Å². The first-order valence-corrected chi connectivity index (χ1v) is 9.37. The normalized spacial score (nSPS) is 36.8. The molecule has 0 aromatic carbocycles. The van der Waals surface area contributed by atoms with Crippen LogP contribution in [0.1, 0.15) is 65.2 Å². The summed E-state index contributed by atoms with van der Waals surface area (Å²) in [4.78, 5) is 38.7. The summed E-state index contributed by atoms with van der Waals surface area (Å²) in [6.07, 6.45) is 8.08. The highest BCUT2D eigenvalue weighted by atomic mass is 16.2. The van der Waals surface area contributed by atoms with Crippen LogP contribution in [0.2, 0.25) is 0 Å². The molecule has 3 rings (SSSR count). The highest BCUT2D eigenvalue weighted by molar-refractivity contribution is 6.09. The Morgan fingerprint density at radius 3 is 2.58 bits per heavy atom. The lowest BCUT2D eigenvalue weighted by molar-refractivity contribution is -0.137. The standard InChI is InChI=1S/C18H29N3O3/c1-12-7-3-4-9-14(12)19-15(22)11-21-16(23)18(20-17(21)24)10-6-5-8-13(18)2/h12-14H,3-11H2,1-2H3,(H,19,22)(H,20,24)/t12-,13-,14-,18+/m0/s1. The molecule has 134 valence electrons. The van der Waals surface area contributed by atoms with Gasteiger partial charge in [0.1, 0.15) is 12.1 Å². The number of imide groups is 1. The Labute approximate surface area is 143 Å². The number of hydrogen-bond acceptors (Lipinski definition) is 3. The minimum absolute atomic E-state index is 0.120. The number of nitrogens with one attached hydrogen (secondary N) is 2. The number of carbonyl (C=O) groups excluding carboxylic acids is 3. The number of carbonyl (C=O) groups is 3. The molecule has 3 fully saturated rings. The molecule has 4 atom stereocenters. The van der Waals surface area contributed by atoms with Crippen molar-refractivity contribution in [3.63, 3.8) is 0 Å². The molecule has 1 aliphatic heterocycles. The first-order chi connectivity index (χ1) is 11.4. The molecule has 24 heavy (non-hydrogen) atoms. The van der Waals surface area contributed by atoms with Gasteiger partial charge in [0.05, 0.1) is 0 Å². The van der Waals surface area contributed by atoms with E-state index in [2.05, 4.69) is 17.6 Å². The molecule has 2 saturated carbocycles. The minimum atomic E-state index is -0.784. The van der Waals surface area contributed by atoms with Gasteiger partial charge in [-0.3, -0.25) is 14.5 Å². The Kier molecular flexibility index (Phi) is 4.83. The van der Waals surface area contributed by atoms with Crippen LogP contribution in [-0.2, 0) is 9.59 Å². The third-order valence-corrected chi connectivity index (χ3v) is 6.26. The summed E-state index contributed by atoms with van der Waals surface area (Å²) in [5.74, 6) is 0.133. The topological polar surface area (TPSA) is 78.5 Å². The Balaban J connectivity index is 1.63. The minimum Gasteiger partial charge on any atom is -0.352 e. The van der Waals surface area contributed by atoms with Gasteiger partial charge in [0.25, 0.3) is 5.91 Å². The van der Waals surface area contributed by atoms with Crippen LogP contribution in [0.25, 0.3) is 0 Å². The number of nitrogens with zero attached hydrogens (tertiary/aromatic N) is 1. The maximum atomic E-state index is 12.9. The Morgan fingerprint density at radius 1 is 1.17 bits per heavy atom. The van der Waals surface area contributed by atoms with E-state index in [-0.39, 0.29) is 30.3 Å². The number of hydrogen-bond donors (Lipinski definition) is 2. The van der Waals surface area contributed by atoms with Gasteiger partial charge in [0.15, 0.2) is 0 Å². The summed E-state index contributed by atoms with van der Waals surface area (Å²) in [6.45, 7) is 4.00. The fourth-order valence-electron chi connectivity index (χ4n) is 4.57. The highest BCUT2D eigenvalue weighted by Crippen LogP contribution is 2.38. The van der Waals surface area contributed by atoms with Gasteiger partial charge in [-0.25, -0.2) is 4.79 Å². The molecule has 0 aromatic rings. The van der Waals surface area contributed by atoms with Gasteiger partial charge in [-0.1, -0.05) is 39.5 Å². The van der Waals surface area contributed by atoms with Crippen LogP contribution in [-0.4, -0.2) is 40.9 Å². The number of rotatable bonds is 3. The average molecular weight is 335 g/mol. The van der Waals surface area contributed by atoms with Crippen LogP contribution in [0, 0.1) is 11.8 Å². The fraction of sp³-hybridized carbons (Fsp3) is 0.833. The van der Waals surface area contributed by atoms with E-state index in [1.807, 2.05) is 6.92 Å². The zero-order chi connectivity index (χ0) is 17.3. The molecule has 0 aromatic heterocycles. The van der Waals surface area contributed by atoms with E-state index in [1.54, 1.807) is 0 Å². The van der Waals surface area contributed by atoms with Gasteiger partial charge in [0.2, 0.25) is 5.91 Å². The van der Waals surface area contributed by atoms with Crippen LogP contribution in [0.3, 0.4) is 0 Å². The Hall–Kier alpha value is -1.59. The Morgan fingerprint density at radius 2 is 1.88 bits per heavy atom. The summed E-state index contributed by atoms with van der Waals surface area (Å²) >= 11 is 0. The Bertz CT molecular complexity index is 536. The molecule has 6 heteroatoms. The molecule has 0 unspecified atom stereocenters. The lowest BCUT2D eigenvalue weighted by Crippen LogP contribution is -2.54. The maximum Gasteiger partial charge on any atom is 0.325 e. The van der Waals surface area contributed by atoms with Crippen molar-refractivity contribution >= 4 is 17.8 Å². The number of urea groups is 1. The second-order valence-corrected chi connectivity index (χ2v) is 7.88. The summed E-state index contributed by atoms with van der Waals surface area (Å²) < 4.78 is 0. The molecule has 2 aliphatic carbocycles. The molecule has 0 bridgehead atoms. The fourth-order valence-corrected chi connectivity index (χ4v) is 4.57. The van der Waals surface area contributed by atoms with Crippen molar-refractivity contribution < 1.29 is 14.4 Å². The lowest BCUT2D eigenvalue weighted by atomic mass is 9.73. The van der Waals surface area contributed by atoms with Gasteiger partial charge in [-0.2, -0.15) is 0 Å². The molecule has 0 radical (unpaired) electrons. The largest absolute Gasteiger partial charge is 0.352 e. The molecular formula is C18H29N3O3. The third kappa shape index (κ3) is 3.03. The monoisotopic (exact) mass is 335 g/mol. The highest BCUT2D eigenvalue weighted by Gasteiger charge is 2.55. The average Bonchev–Trinajstić information content (AvgIpc) is 2.78. The number of amides is 4. The molecule has 6 nitrogen and oxygen atoms in total. The summed E-state index contributed by atoms with van der Waals surface area (Å²) in [5, 5.41) is 5.92. The van der Waals surface area contributed by atoms with Crippen LogP contribution >= 0.6 is 0 Å². The second-order valence-electron chi connectivity index (χ2n) is 7.88. The van der Waals surface area contributed by atoms with Crippen molar-refractivity contribution in [1.29, 1.82) is 0 Å². The van der Waals surface area contributed by atoms with Gasteiger partial charge >= 0.3 is 6.03 Å². The predicted molar refractivity (Wildman–Crippen MR) is 90.2 cm³/mol. The van der Waals surface area contributed by atoms with Crippen LogP contribution in [0.4, 0.5) is 4.79 Å². The van der Waals surface area contributed by atoms with Gasteiger partial charge in [-0.15, -0.1) is 0 Å². The predicted octanol–water partition coefficient (Wildman–Crippen LogP) is 2.18. The van der Waals surface area contributed by atoms with E-state index in [0.29, 0.717) is 12.3 Å². The smallest absolute Gasteiger partial charge is 0.325 e. The van der Waals surface area contributed by atoms with Gasteiger partial charge in [-0.05, 0) is 37.5 Å². The summed E-state index contributed by atoms with van der Waals surface area (Å²) in [7, 11) is 0. The molecular weight excluding hydrogens is 306 g/mol. The van der Waals surface area contributed by atoms with E-state index >= 15 is 0 Å². The zero-order valence-electron chi connectivity index (χ0n) is 14.8. The molecule has 3 aliphatic rings. The van der Waals surface area contributed by atoms with Gasteiger partial charge < -0.3 is 10.6 Å². The lowest BCUT2D eigenvalue weighted by Gasteiger charge is -2.36. The first kappa shape index (κ1) is 17.2. The van der Waals surface area contributed by atoms with Crippen LogP contribution in [0.15, 0.2) is 0 Å². The molecule has 1 saturated heterocycles.